The third-order valence-electron chi connectivity index (χ3n) is 2.07. The second-order valence-electron chi connectivity index (χ2n) is 3.54. The van der Waals surface area contributed by atoms with Crippen molar-refractivity contribution >= 4 is 20.0 Å². The molecular formula is C9H12O5S2. The van der Waals surface area contributed by atoms with E-state index in [9.17, 15) is 16.8 Å². The summed E-state index contributed by atoms with van der Waals surface area (Å²) in [6, 6.07) is 4.45. The maximum Gasteiger partial charge on any atom is 0.294 e. The van der Waals surface area contributed by atoms with E-state index >= 15 is 0 Å². The Morgan fingerprint density at radius 1 is 0.938 bits per heavy atom. The Kier molecular flexibility index (Phi) is 3.41. The van der Waals surface area contributed by atoms with Gasteiger partial charge in [-0.1, -0.05) is 0 Å². The molecule has 0 aliphatic rings. The quantitative estimate of drug-likeness (QED) is 0.826. The molecule has 1 aromatic rings. The van der Waals surface area contributed by atoms with Crippen LogP contribution in [0.25, 0.3) is 0 Å². The van der Waals surface area contributed by atoms with Crippen LogP contribution in [0.3, 0.4) is 0 Å². The monoisotopic (exact) mass is 264 g/mol. The SMILES string of the molecule is CC(C)S(=O)(=O)c1ccc(S(=O)(=O)O)cc1. The van der Waals surface area contributed by atoms with Crippen molar-refractivity contribution in [1.82, 2.24) is 0 Å². The molecule has 0 unspecified atom stereocenters. The molecule has 0 aliphatic carbocycles. The van der Waals surface area contributed by atoms with Gasteiger partial charge in [0.1, 0.15) is 0 Å². The topological polar surface area (TPSA) is 88.5 Å². The minimum absolute atomic E-state index is 0.0369. The molecule has 0 aliphatic heterocycles. The van der Waals surface area contributed by atoms with E-state index in [2.05, 4.69) is 0 Å². The minimum Gasteiger partial charge on any atom is -0.282 e. The normalized spacial score (nSPS) is 13.0. The van der Waals surface area contributed by atoms with Gasteiger partial charge in [0.05, 0.1) is 15.0 Å². The predicted molar refractivity (Wildman–Crippen MR) is 58.6 cm³/mol. The highest BCUT2D eigenvalue weighted by atomic mass is 32.2. The highest BCUT2D eigenvalue weighted by molar-refractivity contribution is 7.92. The second-order valence-corrected chi connectivity index (χ2v) is 7.47. The van der Waals surface area contributed by atoms with Crippen LogP contribution < -0.4 is 0 Å². The summed E-state index contributed by atoms with van der Waals surface area (Å²) < 4.78 is 53.5. The van der Waals surface area contributed by atoms with E-state index in [1.165, 1.54) is 26.0 Å². The van der Waals surface area contributed by atoms with Crippen molar-refractivity contribution in [1.29, 1.82) is 0 Å². The summed E-state index contributed by atoms with van der Waals surface area (Å²) >= 11 is 0. The minimum atomic E-state index is -4.28. The van der Waals surface area contributed by atoms with Crippen molar-refractivity contribution in [3.8, 4) is 0 Å². The summed E-state index contributed by atoms with van der Waals surface area (Å²) in [7, 11) is -7.70. The van der Waals surface area contributed by atoms with Crippen LogP contribution in [0.15, 0.2) is 34.1 Å². The van der Waals surface area contributed by atoms with Crippen LogP contribution in [0.5, 0.6) is 0 Å². The molecule has 16 heavy (non-hydrogen) atoms. The molecule has 1 aromatic carbocycles. The van der Waals surface area contributed by atoms with Gasteiger partial charge in [-0.15, -0.1) is 0 Å². The van der Waals surface area contributed by atoms with E-state index in [1.807, 2.05) is 0 Å². The lowest BCUT2D eigenvalue weighted by molar-refractivity contribution is 0.483. The smallest absolute Gasteiger partial charge is 0.282 e. The summed E-state index contributed by atoms with van der Waals surface area (Å²) in [5, 5.41) is -0.580. The molecule has 1 N–H and O–H groups in total. The van der Waals surface area contributed by atoms with E-state index in [1.54, 1.807) is 0 Å². The van der Waals surface area contributed by atoms with E-state index in [4.69, 9.17) is 4.55 Å². The predicted octanol–water partition coefficient (Wildman–Crippen LogP) is 1.12. The first-order valence-electron chi connectivity index (χ1n) is 4.47. The first kappa shape index (κ1) is 13.1. The Hall–Kier alpha value is -0.920. The van der Waals surface area contributed by atoms with Crippen molar-refractivity contribution in [2.45, 2.75) is 28.9 Å². The Balaban J connectivity index is 3.25. The van der Waals surface area contributed by atoms with Gasteiger partial charge in [-0.05, 0) is 38.1 Å². The van der Waals surface area contributed by atoms with E-state index < -0.39 is 25.2 Å². The first-order chi connectivity index (χ1) is 7.15. The van der Waals surface area contributed by atoms with E-state index in [0.29, 0.717) is 0 Å². The molecule has 1 rings (SSSR count). The Bertz CT molecular complexity index is 567. The number of rotatable bonds is 3. The summed E-state index contributed by atoms with van der Waals surface area (Å²) in [4.78, 5) is -0.287. The molecule has 0 radical (unpaired) electrons. The number of sulfone groups is 1. The van der Waals surface area contributed by atoms with Crippen LogP contribution in [0.4, 0.5) is 0 Å². The van der Waals surface area contributed by atoms with Gasteiger partial charge in [0.15, 0.2) is 9.84 Å². The zero-order valence-corrected chi connectivity index (χ0v) is 10.4. The Labute approximate surface area is 94.8 Å². The van der Waals surface area contributed by atoms with Gasteiger partial charge in [-0.25, -0.2) is 8.42 Å². The third kappa shape index (κ3) is 2.60. The van der Waals surface area contributed by atoms with Crippen LogP contribution in [-0.4, -0.2) is 26.6 Å². The van der Waals surface area contributed by atoms with Crippen molar-refractivity contribution in [2.75, 3.05) is 0 Å². The highest BCUT2D eigenvalue weighted by Gasteiger charge is 2.19. The van der Waals surface area contributed by atoms with Crippen LogP contribution in [-0.2, 0) is 20.0 Å². The molecule has 0 saturated carbocycles. The average molecular weight is 264 g/mol. The fraction of sp³-hybridized carbons (Fsp3) is 0.333. The van der Waals surface area contributed by atoms with Crippen LogP contribution in [0, 0.1) is 0 Å². The van der Waals surface area contributed by atoms with Gasteiger partial charge in [-0.3, -0.25) is 4.55 Å². The Morgan fingerprint density at radius 2 is 1.31 bits per heavy atom. The van der Waals surface area contributed by atoms with E-state index in [0.717, 1.165) is 12.1 Å². The Morgan fingerprint density at radius 3 is 1.62 bits per heavy atom. The molecule has 0 aromatic heterocycles. The van der Waals surface area contributed by atoms with Gasteiger partial charge in [-0.2, -0.15) is 8.42 Å². The molecule has 0 spiro atoms. The molecule has 0 heterocycles. The van der Waals surface area contributed by atoms with Crippen molar-refractivity contribution in [3.05, 3.63) is 24.3 Å². The van der Waals surface area contributed by atoms with Gasteiger partial charge >= 0.3 is 0 Å². The fourth-order valence-corrected chi connectivity index (χ4v) is 2.61. The summed E-state index contributed by atoms with van der Waals surface area (Å²) in [5.41, 5.74) is 0. The molecule has 5 nitrogen and oxygen atoms in total. The molecule has 7 heteroatoms. The molecular weight excluding hydrogens is 252 g/mol. The molecule has 0 bridgehead atoms. The van der Waals surface area contributed by atoms with Gasteiger partial charge in [0.2, 0.25) is 0 Å². The summed E-state index contributed by atoms with van der Waals surface area (Å²) in [6.07, 6.45) is 0. The average Bonchev–Trinajstić information content (AvgIpc) is 2.16. The highest BCUT2D eigenvalue weighted by Crippen LogP contribution is 2.18. The number of hydrogen-bond donors (Lipinski definition) is 1. The maximum absolute atomic E-state index is 11.7. The fourth-order valence-electron chi connectivity index (χ4n) is 1.07. The van der Waals surface area contributed by atoms with Crippen molar-refractivity contribution < 1.29 is 21.4 Å². The zero-order chi connectivity index (χ0) is 12.6. The molecule has 0 saturated heterocycles. The molecule has 0 amide bonds. The third-order valence-corrected chi connectivity index (χ3v) is 5.11. The lowest BCUT2D eigenvalue weighted by Gasteiger charge is -2.07. The number of hydrogen-bond acceptors (Lipinski definition) is 4. The van der Waals surface area contributed by atoms with Crippen LogP contribution >= 0.6 is 0 Å². The summed E-state index contributed by atoms with van der Waals surface area (Å²) in [5.74, 6) is 0. The van der Waals surface area contributed by atoms with Gasteiger partial charge in [0.25, 0.3) is 10.1 Å². The lowest BCUT2D eigenvalue weighted by Crippen LogP contribution is -2.14. The van der Waals surface area contributed by atoms with Crippen molar-refractivity contribution in [2.24, 2.45) is 0 Å². The molecule has 0 fully saturated rings. The lowest BCUT2D eigenvalue weighted by atomic mass is 10.4. The number of benzene rings is 1. The largest absolute Gasteiger partial charge is 0.294 e. The molecule has 90 valence electrons. The van der Waals surface area contributed by atoms with Gasteiger partial charge in [0, 0.05) is 0 Å². The van der Waals surface area contributed by atoms with E-state index in [-0.39, 0.29) is 9.79 Å². The van der Waals surface area contributed by atoms with Crippen LogP contribution in [0.2, 0.25) is 0 Å². The zero-order valence-electron chi connectivity index (χ0n) is 8.78. The maximum atomic E-state index is 11.7. The molecule has 0 atom stereocenters. The summed E-state index contributed by atoms with van der Waals surface area (Å²) in [6.45, 7) is 3.07. The van der Waals surface area contributed by atoms with Gasteiger partial charge < -0.3 is 0 Å². The van der Waals surface area contributed by atoms with Crippen molar-refractivity contribution in [3.63, 3.8) is 0 Å². The second kappa shape index (κ2) is 4.15. The standard InChI is InChI=1S/C9H12O5S2/c1-7(2)15(10,11)8-3-5-9(6-4-8)16(12,13)14/h3-7H,1-2H3,(H,12,13,14). The van der Waals surface area contributed by atoms with Crippen LogP contribution in [0.1, 0.15) is 13.8 Å². The first-order valence-corrected chi connectivity index (χ1v) is 7.46.